The molecule has 0 amide bonds. The lowest BCUT2D eigenvalue weighted by atomic mass is 10.2. The Morgan fingerprint density at radius 3 is 2.62 bits per heavy atom. The zero-order chi connectivity index (χ0) is 18.7. The zero-order valence-corrected chi connectivity index (χ0v) is 16.3. The molecule has 0 atom stereocenters. The molecule has 0 bridgehead atoms. The maximum Gasteiger partial charge on any atom is 0.376 e. The molecule has 1 aliphatic heterocycles. The molecule has 0 spiro atoms. The summed E-state index contributed by atoms with van der Waals surface area (Å²) in [4.78, 5) is 16.8. The van der Waals surface area contributed by atoms with Crippen molar-refractivity contribution < 1.29 is 13.9 Å². The lowest BCUT2D eigenvalue weighted by molar-refractivity contribution is 0.0494. The van der Waals surface area contributed by atoms with E-state index in [1.165, 1.54) is 0 Å². The van der Waals surface area contributed by atoms with Crippen molar-refractivity contribution in [3.63, 3.8) is 0 Å². The van der Waals surface area contributed by atoms with Crippen LogP contribution in [0.25, 0.3) is 11.0 Å². The highest BCUT2D eigenvalue weighted by Gasteiger charge is 2.25. The van der Waals surface area contributed by atoms with Gasteiger partial charge in [0.15, 0.2) is 5.11 Å². The van der Waals surface area contributed by atoms with Gasteiger partial charge in [0.25, 0.3) is 0 Å². The Labute approximate surface area is 159 Å². The number of esters is 1. The fourth-order valence-corrected chi connectivity index (χ4v) is 3.42. The number of thiocarbonyl (C=S) groups is 1. The van der Waals surface area contributed by atoms with Gasteiger partial charge >= 0.3 is 5.97 Å². The largest absolute Gasteiger partial charge is 0.460 e. The van der Waals surface area contributed by atoms with E-state index >= 15 is 0 Å². The van der Waals surface area contributed by atoms with Crippen molar-refractivity contribution in [3.8, 4) is 0 Å². The monoisotopic (exact) mass is 375 g/mol. The maximum atomic E-state index is 12.3. The van der Waals surface area contributed by atoms with Crippen molar-refractivity contribution in [2.45, 2.75) is 26.8 Å². The van der Waals surface area contributed by atoms with E-state index in [-0.39, 0.29) is 12.4 Å². The van der Waals surface area contributed by atoms with Crippen LogP contribution in [-0.2, 0) is 4.74 Å². The molecule has 1 aromatic heterocycles. The normalized spacial score (nSPS) is 15.5. The van der Waals surface area contributed by atoms with Gasteiger partial charge in [-0.2, -0.15) is 0 Å². The van der Waals surface area contributed by atoms with Crippen LogP contribution in [-0.4, -0.2) is 59.7 Å². The highest BCUT2D eigenvalue weighted by molar-refractivity contribution is 7.80. The number of furan rings is 1. The molecular weight excluding hydrogens is 350 g/mol. The molecule has 0 unspecified atom stereocenters. The van der Waals surface area contributed by atoms with E-state index in [4.69, 9.17) is 21.4 Å². The van der Waals surface area contributed by atoms with Crippen molar-refractivity contribution in [2.24, 2.45) is 0 Å². The van der Waals surface area contributed by atoms with Crippen LogP contribution in [0.15, 0.2) is 28.7 Å². The Kier molecular flexibility index (Phi) is 5.78. The van der Waals surface area contributed by atoms with Gasteiger partial charge in [0.2, 0.25) is 5.76 Å². The summed E-state index contributed by atoms with van der Waals surface area (Å²) < 4.78 is 10.9. The van der Waals surface area contributed by atoms with Gasteiger partial charge < -0.3 is 19.4 Å². The number of ether oxygens (including phenoxy) is 1. The van der Waals surface area contributed by atoms with Crippen LogP contribution in [0.4, 0.5) is 5.69 Å². The van der Waals surface area contributed by atoms with Gasteiger partial charge in [0, 0.05) is 37.6 Å². The van der Waals surface area contributed by atoms with Crippen LogP contribution in [0.3, 0.4) is 0 Å². The van der Waals surface area contributed by atoms with E-state index in [0.29, 0.717) is 22.4 Å². The molecule has 7 heteroatoms. The quantitative estimate of drug-likeness (QED) is 0.650. The van der Waals surface area contributed by atoms with Crippen molar-refractivity contribution in [1.29, 1.82) is 0 Å². The number of piperazine rings is 1. The van der Waals surface area contributed by atoms with Crippen LogP contribution in [0.5, 0.6) is 0 Å². The molecular formula is C19H25N3O3S. The second-order valence-corrected chi connectivity index (χ2v) is 6.96. The number of benzene rings is 1. The lowest BCUT2D eigenvalue weighted by Crippen LogP contribution is -2.51. The Bertz CT molecular complexity index is 794. The average molecular weight is 375 g/mol. The topological polar surface area (TPSA) is 58.0 Å². The van der Waals surface area contributed by atoms with Gasteiger partial charge in [-0.25, -0.2) is 4.79 Å². The number of nitrogens with zero attached hydrogens (tertiary/aromatic N) is 2. The minimum Gasteiger partial charge on any atom is -0.460 e. The molecule has 3 rings (SSSR count). The SMILES string of the molecule is CCOC(=O)c1oc2ccccc2c1NC(=S)N1CCN(C(C)C)CC1. The van der Waals surface area contributed by atoms with E-state index in [1.54, 1.807) is 6.92 Å². The molecule has 1 N–H and O–H groups in total. The van der Waals surface area contributed by atoms with E-state index in [0.717, 1.165) is 31.6 Å². The van der Waals surface area contributed by atoms with Crippen molar-refractivity contribution in [1.82, 2.24) is 9.80 Å². The smallest absolute Gasteiger partial charge is 0.376 e. The van der Waals surface area contributed by atoms with Crippen LogP contribution in [0, 0.1) is 0 Å². The summed E-state index contributed by atoms with van der Waals surface area (Å²) >= 11 is 5.60. The molecule has 2 heterocycles. The molecule has 0 saturated carbocycles. The summed E-state index contributed by atoms with van der Waals surface area (Å²) in [5, 5.41) is 4.65. The van der Waals surface area contributed by atoms with Gasteiger partial charge in [-0.1, -0.05) is 12.1 Å². The van der Waals surface area contributed by atoms with E-state index in [2.05, 4.69) is 29.0 Å². The fourth-order valence-electron chi connectivity index (χ4n) is 3.14. The minimum absolute atomic E-state index is 0.163. The molecule has 0 aliphatic carbocycles. The summed E-state index contributed by atoms with van der Waals surface area (Å²) in [7, 11) is 0. The Morgan fingerprint density at radius 1 is 1.27 bits per heavy atom. The third-order valence-electron chi connectivity index (χ3n) is 4.62. The number of rotatable bonds is 4. The molecule has 140 valence electrons. The number of anilines is 1. The summed E-state index contributed by atoms with van der Waals surface area (Å²) in [6.07, 6.45) is 0. The van der Waals surface area contributed by atoms with Crippen molar-refractivity contribution >= 4 is 40.0 Å². The standard InChI is InChI=1S/C19H25N3O3S/c1-4-24-18(23)17-16(14-7-5-6-8-15(14)25-17)20-19(26)22-11-9-21(10-12-22)13(2)3/h5-8,13H,4,9-12H2,1-3H3,(H,20,26). The Balaban J connectivity index is 1.80. The average Bonchev–Trinajstić information content (AvgIpc) is 3.01. The van der Waals surface area contributed by atoms with Gasteiger partial charge in [-0.05, 0) is 45.1 Å². The summed E-state index contributed by atoms with van der Waals surface area (Å²) in [6.45, 7) is 10.1. The van der Waals surface area contributed by atoms with Crippen LogP contribution in [0.1, 0.15) is 31.3 Å². The maximum absolute atomic E-state index is 12.3. The molecule has 1 saturated heterocycles. The zero-order valence-electron chi connectivity index (χ0n) is 15.4. The molecule has 6 nitrogen and oxygen atoms in total. The third kappa shape index (κ3) is 3.83. The fraction of sp³-hybridized carbons (Fsp3) is 0.474. The first kappa shape index (κ1) is 18.7. The second-order valence-electron chi connectivity index (χ2n) is 6.57. The van der Waals surface area contributed by atoms with Crippen molar-refractivity contribution in [2.75, 3.05) is 38.1 Å². The highest BCUT2D eigenvalue weighted by atomic mass is 32.1. The number of hydrogen-bond donors (Lipinski definition) is 1. The number of nitrogens with one attached hydrogen (secondary N) is 1. The first-order chi connectivity index (χ1) is 12.5. The van der Waals surface area contributed by atoms with E-state index < -0.39 is 5.97 Å². The molecule has 1 fully saturated rings. The van der Waals surface area contributed by atoms with E-state index in [9.17, 15) is 4.79 Å². The highest BCUT2D eigenvalue weighted by Crippen LogP contribution is 2.31. The molecule has 0 radical (unpaired) electrons. The summed E-state index contributed by atoms with van der Waals surface area (Å²) in [5.41, 5.74) is 1.21. The number of fused-ring (bicyclic) bond motifs is 1. The predicted molar refractivity (Wildman–Crippen MR) is 107 cm³/mol. The molecule has 26 heavy (non-hydrogen) atoms. The summed E-state index contributed by atoms with van der Waals surface area (Å²) in [6, 6.07) is 8.04. The van der Waals surface area contributed by atoms with Gasteiger partial charge in [-0.15, -0.1) is 0 Å². The third-order valence-corrected chi connectivity index (χ3v) is 4.98. The Hall–Kier alpha value is -2.12. The van der Waals surface area contributed by atoms with Crippen LogP contribution >= 0.6 is 12.2 Å². The second kappa shape index (κ2) is 8.05. The van der Waals surface area contributed by atoms with Gasteiger partial charge in [-0.3, -0.25) is 4.90 Å². The van der Waals surface area contributed by atoms with Crippen molar-refractivity contribution in [3.05, 3.63) is 30.0 Å². The molecule has 1 aliphatic rings. The molecule has 2 aromatic rings. The molecule has 1 aromatic carbocycles. The van der Waals surface area contributed by atoms with Gasteiger partial charge in [0.1, 0.15) is 11.3 Å². The number of hydrogen-bond acceptors (Lipinski definition) is 5. The summed E-state index contributed by atoms with van der Waals surface area (Å²) in [5.74, 6) is -0.324. The van der Waals surface area contributed by atoms with E-state index in [1.807, 2.05) is 24.3 Å². The van der Waals surface area contributed by atoms with Crippen LogP contribution < -0.4 is 5.32 Å². The van der Waals surface area contributed by atoms with Crippen LogP contribution in [0.2, 0.25) is 0 Å². The number of carbonyl (C=O) groups is 1. The predicted octanol–water partition coefficient (Wildman–Crippen LogP) is 3.33. The minimum atomic E-state index is -0.487. The number of para-hydroxylation sites is 1. The van der Waals surface area contributed by atoms with Gasteiger partial charge in [0.05, 0.1) is 6.61 Å². The number of carbonyl (C=O) groups excluding carboxylic acids is 1. The first-order valence-electron chi connectivity index (χ1n) is 9.00. The lowest BCUT2D eigenvalue weighted by Gasteiger charge is -2.38. The Morgan fingerprint density at radius 2 is 1.96 bits per heavy atom. The first-order valence-corrected chi connectivity index (χ1v) is 9.40.